The van der Waals surface area contributed by atoms with Crippen molar-refractivity contribution in [1.82, 2.24) is 14.9 Å². The number of hydrogen-bond donors (Lipinski definition) is 0. The molecule has 0 aliphatic carbocycles. The Bertz CT molecular complexity index is 456. The lowest BCUT2D eigenvalue weighted by Gasteiger charge is -2.24. The molecule has 94 valence electrons. The topological polar surface area (TPSA) is 29.0 Å². The normalized spacial score (nSPS) is 12.6. The van der Waals surface area contributed by atoms with Crippen LogP contribution in [-0.2, 0) is 6.42 Å². The Morgan fingerprint density at radius 1 is 1.11 bits per heavy atom. The van der Waals surface area contributed by atoms with Crippen LogP contribution in [0.25, 0.3) is 0 Å². The molecule has 0 fully saturated rings. The molecule has 0 saturated carbocycles. The highest BCUT2D eigenvalue weighted by Crippen LogP contribution is 2.15. The van der Waals surface area contributed by atoms with Crippen LogP contribution in [0.3, 0.4) is 0 Å². The third-order valence-corrected chi connectivity index (χ3v) is 3.28. The van der Waals surface area contributed by atoms with Crippen molar-refractivity contribution in [3.05, 3.63) is 60.2 Å². The molecule has 3 heteroatoms. The summed E-state index contributed by atoms with van der Waals surface area (Å²) in [5.41, 5.74) is 2.44. The summed E-state index contributed by atoms with van der Waals surface area (Å²) >= 11 is 0. The van der Waals surface area contributed by atoms with Gasteiger partial charge in [0.25, 0.3) is 0 Å². The van der Waals surface area contributed by atoms with E-state index in [0.717, 1.165) is 18.7 Å². The lowest BCUT2D eigenvalue weighted by molar-refractivity contribution is 0.260. The molecule has 0 radical (unpaired) electrons. The van der Waals surface area contributed by atoms with Crippen LogP contribution in [0.1, 0.15) is 24.2 Å². The van der Waals surface area contributed by atoms with Crippen molar-refractivity contribution in [3.63, 3.8) is 0 Å². The van der Waals surface area contributed by atoms with E-state index < -0.39 is 0 Å². The van der Waals surface area contributed by atoms with Gasteiger partial charge in [-0.2, -0.15) is 0 Å². The van der Waals surface area contributed by atoms with E-state index >= 15 is 0 Å². The first-order valence-electron chi connectivity index (χ1n) is 6.27. The fourth-order valence-corrected chi connectivity index (χ4v) is 1.90. The predicted octanol–water partition coefficient (Wildman–Crippen LogP) is 2.71. The van der Waals surface area contributed by atoms with E-state index in [0.29, 0.717) is 6.04 Å². The van der Waals surface area contributed by atoms with Crippen molar-refractivity contribution in [2.45, 2.75) is 19.4 Å². The molecule has 0 amide bonds. The van der Waals surface area contributed by atoms with E-state index in [-0.39, 0.29) is 0 Å². The molecule has 0 aliphatic heterocycles. The second kappa shape index (κ2) is 6.26. The summed E-state index contributed by atoms with van der Waals surface area (Å²) in [6.07, 6.45) is 6.58. The first-order valence-corrected chi connectivity index (χ1v) is 6.27. The maximum absolute atomic E-state index is 4.40. The van der Waals surface area contributed by atoms with Gasteiger partial charge in [-0.25, -0.2) is 0 Å². The fraction of sp³-hybridized carbons (Fsp3) is 0.333. The Kier molecular flexibility index (Phi) is 4.42. The maximum atomic E-state index is 4.40. The van der Waals surface area contributed by atoms with Gasteiger partial charge in [0.1, 0.15) is 0 Å². The van der Waals surface area contributed by atoms with Crippen LogP contribution in [0.2, 0.25) is 0 Å². The number of aromatic nitrogens is 2. The van der Waals surface area contributed by atoms with Crippen LogP contribution in [0.4, 0.5) is 0 Å². The summed E-state index contributed by atoms with van der Waals surface area (Å²) in [6.45, 7) is 3.20. The lowest BCUT2D eigenvalue weighted by Crippen LogP contribution is -2.25. The molecular weight excluding hydrogens is 222 g/mol. The van der Waals surface area contributed by atoms with Crippen molar-refractivity contribution in [1.29, 1.82) is 0 Å². The van der Waals surface area contributed by atoms with Crippen molar-refractivity contribution < 1.29 is 0 Å². The minimum Gasteiger partial charge on any atom is -0.298 e. The van der Waals surface area contributed by atoms with E-state index in [1.807, 2.05) is 30.7 Å². The van der Waals surface area contributed by atoms with Crippen molar-refractivity contribution in [2.75, 3.05) is 13.6 Å². The van der Waals surface area contributed by atoms with Crippen LogP contribution >= 0.6 is 0 Å². The smallest absolute Gasteiger partial charge is 0.0572 e. The number of rotatable bonds is 5. The fourth-order valence-electron chi connectivity index (χ4n) is 1.90. The van der Waals surface area contributed by atoms with Gasteiger partial charge >= 0.3 is 0 Å². The summed E-state index contributed by atoms with van der Waals surface area (Å²) < 4.78 is 0. The Labute approximate surface area is 109 Å². The van der Waals surface area contributed by atoms with Gasteiger partial charge in [-0.3, -0.25) is 14.9 Å². The molecule has 0 aromatic carbocycles. The van der Waals surface area contributed by atoms with Crippen LogP contribution in [-0.4, -0.2) is 28.5 Å². The van der Waals surface area contributed by atoms with E-state index in [1.54, 1.807) is 0 Å². The summed E-state index contributed by atoms with van der Waals surface area (Å²) in [6, 6.07) is 10.5. The van der Waals surface area contributed by atoms with E-state index in [2.05, 4.69) is 47.0 Å². The number of nitrogens with zero attached hydrogens (tertiary/aromatic N) is 3. The Morgan fingerprint density at radius 3 is 2.56 bits per heavy atom. The average Bonchev–Trinajstić information content (AvgIpc) is 2.46. The predicted molar refractivity (Wildman–Crippen MR) is 73.2 cm³/mol. The zero-order valence-corrected chi connectivity index (χ0v) is 11.0. The lowest BCUT2D eigenvalue weighted by atomic mass is 10.1. The second-order valence-electron chi connectivity index (χ2n) is 4.52. The van der Waals surface area contributed by atoms with Crippen molar-refractivity contribution in [2.24, 2.45) is 0 Å². The van der Waals surface area contributed by atoms with Gasteiger partial charge in [-0.1, -0.05) is 6.07 Å². The van der Waals surface area contributed by atoms with Gasteiger partial charge in [-0.15, -0.1) is 0 Å². The molecule has 0 bridgehead atoms. The number of hydrogen-bond acceptors (Lipinski definition) is 3. The Balaban J connectivity index is 1.90. The molecule has 2 aromatic rings. The molecule has 0 saturated heterocycles. The third kappa shape index (κ3) is 3.37. The molecule has 18 heavy (non-hydrogen) atoms. The van der Waals surface area contributed by atoms with Gasteiger partial charge < -0.3 is 0 Å². The molecule has 0 spiro atoms. The SMILES string of the molecule is C[C@@H](c1ccccn1)N(C)CCc1ccncc1. The van der Waals surface area contributed by atoms with Gasteiger partial charge in [0.05, 0.1) is 5.69 Å². The number of likely N-dealkylation sites (N-methyl/N-ethyl adjacent to an activating group) is 1. The minimum absolute atomic E-state index is 0.341. The summed E-state index contributed by atoms with van der Waals surface area (Å²) in [7, 11) is 2.14. The van der Waals surface area contributed by atoms with Crippen LogP contribution in [0, 0.1) is 0 Å². The molecule has 0 unspecified atom stereocenters. The van der Waals surface area contributed by atoms with Crippen LogP contribution in [0.5, 0.6) is 0 Å². The molecule has 0 N–H and O–H groups in total. The zero-order chi connectivity index (χ0) is 12.8. The monoisotopic (exact) mass is 241 g/mol. The van der Waals surface area contributed by atoms with Crippen molar-refractivity contribution in [3.8, 4) is 0 Å². The first kappa shape index (κ1) is 12.7. The van der Waals surface area contributed by atoms with E-state index in [9.17, 15) is 0 Å². The summed E-state index contributed by atoms with van der Waals surface area (Å²) in [4.78, 5) is 10.8. The standard InChI is InChI=1S/C15H19N3/c1-13(15-5-3-4-9-17-15)18(2)12-8-14-6-10-16-11-7-14/h3-7,9-11,13H,8,12H2,1-2H3/t13-/m0/s1. The highest BCUT2D eigenvalue weighted by atomic mass is 15.1. The highest BCUT2D eigenvalue weighted by Gasteiger charge is 2.11. The second-order valence-corrected chi connectivity index (χ2v) is 4.52. The minimum atomic E-state index is 0.341. The van der Waals surface area contributed by atoms with E-state index in [4.69, 9.17) is 0 Å². The third-order valence-electron chi connectivity index (χ3n) is 3.28. The van der Waals surface area contributed by atoms with Gasteiger partial charge in [0.15, 0.2) is 0 Å². The average molecular weight is 241 g/mol. The molecule has 0 aliphatic rings. The molecular formula is C15H19N3. The maximum Gasteiger partial charge on any atom is 0.0572 e. The van der Waals surface area contributed by atoms with Crippen LogP contribution in [0.15, 0.2) is 48.9 Å². The van der Waals surface area contributed by atoms with Crippen LogP contribution < -0.4 is 0 Å². The Morgan fingerprint density at radius 2 is 1.89 bits per heavy atom. The quantitative estimate of drug-likeness (QED) is 0.806. The van der Waals surface area contributed by atoms with Gasteiger partial charge in [0.2, 0.25) is 0 Å². The zero-order valence-electron chi connectivity index (χ0n) is 11.0. The molecule has 2 heterocycles. The summed E-state index contributed by atoms with van der Waals surface area (Å²) in [5.74, 6) is 0. The van der Waals surface area contributed by atoms with E-state index in [1.165, 1.54) is 5.56 Å². The van der Waals surface area contributed by atoms with Gasteiger partial charge in [-0.05, 0) is 50.2 Å². The molecule has 3 nitrogen and oxygen atoms in total. The molecule has 2 aromatic heterocycles. The molecule has 2 rings (SSSR count). The number of pyridine rings is 2. The largest absolute Gasteiger partial charge is 0.298 e. The van der Waals surface area contributed by atoms with Crippen molar-refractivity contribution >= 4 is 0 Å². The molecule has 1 atom stereocenters. The van der Waals surface area contributed by atoms with Gasteiger partial charge in [0, 0.05) is 31.2 Å². The first-order chi connectivity index (χ1) is 8.77. The highest BCUT2D eigenvalue weighted by molar-refractivity contribution is 5.11. The Hall–Kier alpha value is -1.74. The summed E-state index contributed by atoms with van der Waals surface area (Å²) in [5, 5.41) is 0.